The van der Waals surface area contributed by atoms with E-state index in [0.717, 1.165) is 43.9 Å². The average molecular weight is 475 g/mol. The lowest BCUT2D eigenvalue weighted by molar-refractivity contribution is -0.119. The second-order valence-corrected chi connectivity index (χ2v) is 6.34. The summed E-state index contributed by atoms with van der Waals surface area (Å²) in [5, 5.41) is 3.39. The minimum absolute atomic E-state index is 0. The van der Waals surface area contributed by atoms with Crippen LogP contribution in [0.3, 0.4) is 0 Å². The number of piperidine rings is 1. The minimum Gasteiger partial charge on any atom is -0.477 e. The number of likely N-dealkylation sites (tertiary alicyclic amines) is 1. The highest BCUT2D eigenvalue weighted by atomic mass is 127. The zero-order valence-corrected chi connectivity index (χ0v) is 17.9. The van der Waals surface area contributed by atoms with Crippen LogP contribution in [-0.2, 0) is 11.3 Å². The fourth-order valence-corrected chi connectivity index (χ4v) is 3.10. The number of ether oxygens (including phenoxy) is 1. The van der Waals surface area contributed by atoms with Gasteiger partial charge in [-0.2, -0.15) is 0 Å². The Morgan fingerprint density at radius 2 is 2.35 bits per heavy atom. The summed E-state index contributed by atoms with van der Waals surface area (Å²) in [5.41, 5.74) is 6.35. The van der Waals surface area contributed by atoms with E-state index < -0.39 is 0 Å². The Labute approximate surface area is 172 Å². The largest absolute Gasteiger partial charge is 0.477 e. The van der Waals surface area contributed by atoms with Gasteiger partial charge in [-0.05, 0) is 31.2 Å². The maximum absolute atomic E-state index is 11.2. The lowest BCUT2D eigenvalue weighted by Crippen LogP contribution is -2.46. The molecule has 7 nitrogen and oxygen atoms in total. The smallest absolute Gasteiger partial charge is 0.218 e. The first kappa shape index (κ1) is 22.5. The molecule has 0 radical (unpaired) electrons. The number of primary amides is 1. The number of nitrogens with zero attached hydrogens (tertiary/aromatic N) is 3. The van der Waals surface area contributed by atoms with Gasteiger partial charge in [-0.15, -0.1) is 24.0 Å². The van der Waals surface area contributed by atoms with Crippen molar-refractivity contribution in [3.8, 4) is 5.88 Å². The van der Waals surface area contributed by atoms with E-state index in [1.165, 1.54) is 0 Å². The van der Waals surface area contributed by atoms with Gasteiger partial charge < -0.3 is 20.7 Å². The lowest BCUT2D eigenvalue weighted by atomic mass is 9.95. The highest BCUT2D eigenvalue weighted by Crippen LogP contribution is 2.20. The van der Waals surface area contributed by atoms with Crippen molar-refractivity contribution in [2.24, 2.45) is 16.6 Å². The number of halogens is 1. The molecule has 1 atom stereocenters. The van der Waals surface area contributed by atoms with Gasteiger partial charge in [0.25, 0.3) is 0 Å². The number of aromatic nitrogens is 1. The van der Waals surface area contributed by atoms with Crippen LogP contribution in [0.1, 0.15) is 38.2 Å². The lowest BCUT2D eigenvalue weighted by Gasteiger charge is -2.34. The number of pyridine rings is 1. The van der Waals surface area contributed by atoms with Crippen molar-refractivity contribution in [2.45, 2.75) is 39.2 Å². The molecular formula is C18H30IN5O2. The third kappa shape index (κ3) is 6.97. The molecule has 1 saturated heterocycles. The summed E-state index contributed by atoms with van der Waals surface area (Å²) >= 11 is 0. The Balaban J connectivity index is 0.00000338. The molecule has 2 heterocycles. The molecule has 1 aromatic heterocycles. The van der Waals surface area contributed by atoms with Crippen LogP contribution in [0.2, 0.25) is 0 Å². The Hall–Kier alpha value is -1.58. The Morgan fingerprint density at radius 1 is 1.54 bits per heavy atom. The fourth-order valence-electron chi connectivity index (χ4n) is 3.10. The molecule has 0 spiro atoms. The summed E-state index contributed by atoms with van der Waals surface area (Å²) in [4.78, 5) is 22.1. The van der Waals surface area contributed by atoms with Gasteiger partial charge in [0.2, 0.25) is 11.8 Å². The SMILES string of the molecule is CCCOc1ncccc1CNC(=NC)N1CCCC(CC(N)=O)C1.I. The summed E-state index contributed by atoms with van der Waals surface area (Å²) in [6, 6.07) is 3.91. The van der Waals surface area contributed by atoms with Crippen molar-refractivity contribution in [3.63, 3.8) is 0 Å². The molecular weight excluding hydrogens is 445 g/mol. The van der Waals surface area contributed by atoms with Crippen LogP contribution < -0.4 is 15.8 Å². The van der Waals surface area contributed by atoms with E-state index in [0.29, 0.717) is 31.4 Å². The van der Waals surface area contributed by atoms with Gasteiger partial charge in [-0.3, -0.25) is 9.79 Å². The number of aliphatic imine (C=N–C) groups is 1. The maximum atomic E-state index is 11.2. The van der Waals surface area contributed by atoms with E-state index in [2.05, 4.69) is 27.1 Å². The topological polar surface area (TPSA) is 92.8 Å². The van der Waals surface area contributed by atoms with Crippen LogP contribution >= 0.6 is 24.0 Å². The Kier molecular flexibility index (Phi) is 10.3. The van der Waals surface area contributed by atoms with Gasteiger partial charge >= 0.3 is 0 Å². The second kappa shape index (κ2) is 11.9. The van der Waals surface area contributed by atoms with Crippen LogP contribution in [0.25, 0.3) is 0 Å². The van der Waals surface area contributed by atoms with Gasteiger partial charge in [0.1, 0.15) is 0 Å². The number of carbonyl (C=O) groups is 1. The minimum atomic E-state index is -0.233. The number of carbonyl (C=O) groups excluding carboxylic acids is 1. The Bertz CT molecular complexity index is 597. The summed E-state index contributed by atoms with van der Waals surface area (Å²) < 4.78 is 5.70. The van der Waals surface area contributed by atoms with E-state index >= 15 is 0 Å². The summed E-state index contributed by atoms with van der Waals surface area (Å²) in [6.45, 7) is 5.05. The first-order chi connectivity index (χ1) is 12.1. The van der Waals surface area contributed by atoms with Crippen LogP contribution in [0, 0.1) is 5.92 Å². The normalized spacial score (nSPS) is 17.4. The van der Waals surface area contributed by atoms with E-state index in [-0.39, 0.29) is 29.9 Å². The number of rotatable bonds is 7. The van der Waals surface area contributed by atoms with E-state index in [4.69, 9.17) is 10.5 Å². The second-order valence-electron chi connectivity index (χ2n) is 6.34. The third-order valence-electron chi connectivity index (χ3n) is 4.25. The maximum Gasteiger partial charge on any atom is 0.218 e. The van der Waals surface area contributed by atoms with Crippen molar-refractivity contribution in [3.05, 3.63) is 23.9 Å². The highest BCUT2D eigenvalue weighted by molar-refractivity contribution is 14.0. The standard InChI is InChI=1S/C18H29N5O2.HI/c1-3-10-25-17-15(7-4-8-21-17)12-22-18(20-2)23-9-5-6-14(13-23)11-16(19)24;/h4,7-8,14H,3,5-6,9-13H2,1-2H3,(H2,19,24)(H,20,22);1H. The molecule has 2 rings (SSSR count). The van der Waals surface area contributed by atoms with Gasteiger partial charge in [-0.1, -0.05) is 13.0 Å². The van der Waals surface area contributed by atoms with Crippen molar-refractivity contribution >= 4 is 35.8 Å². The van der Waals surface area contributed by atoms with Gasteiger partial charge in [-0.25, -0.2) is 4.98 Å². The quantitative estimate of drug-likeness (QED) is 0.358. The number of guanidine groups is 1. The highest BCUT2D eigenvalue weighted by Gasteiger charge is 2.23. The van der Waals surface area contributed by atoms with Crippen molar-refractivity contribution < 1.29 is 9.53 Å². The molecule has 1 fully saturated rings. The molecule has 1 aliphatic heterocycles. The zero-order valence-electron chi connectivity index (χ0n) is 15.6. The number of hydrogen-bond donors (Lipinski definition) is 2. The zero-order chi connectivity index (χ0) is 18.1. The molecule has 1 aliphatic rings. The van der Waals surface area contributed by atoms with Gasteiger partial charge in [0, 0.05) is 44.9 Å². The molecule has 1 aromatic rings. The van der Waals surface area contributed by atoms with E-state index in [1.54, 1.807) is 13.2 Å². The van der Waals surface area contributed by atoms with E-state index in [9.17, 15) is 4.79 Å². The molecule has 1 unspecified atom stereocenters. The molecule has 0 aromatic carbocycles. The number of nitrogens with one attached hydrogen (secondary N) is 1. The first-order valence-electron chi connectivity index (χ1n) is 8.94. The fraction of sp³-hybridized carbons (Fsp3) is 0.611. The molecule has 26 heavy (non-hydrogen) atoms. The van der Waals surface area contributed by atoms with Crippen LogP contribution in [0.5, 0.6) is 5.88 Å². The summed E-state index contributed by atoms with van der Waals surface area (Å²) in [6.07, 6.45) is 5.19. The van der Waals surface area contributed by atoms with Crippen molar-refractivity contribution in [1.29, 1.82) is 0 Å². The Morgan fingerprint density at radius 3 is 3.04 bits per heavy atom. The van der Waals surface area contributed by atoms with Crippen molar-refractivity contribution in [1.82, 2.24) is 15.2 Å². The molecule has 0 bridgehead atoms. The van der Waals surface area contributed by atoms with Gasteiger partial charge in [0.05, 0.1) is 6.61 Å². The number of nitrogens with two attached hydrogens (primary N) is 1. The van der Waals surface area contributed by atoms with Gasteiger partial charge in [0.15, 0.2) is 5.96 Å². The molecule has 146 valence electrons. The molecule has 8 heteroatoms. The third-order valence-corrected chi connectivity index (χ3v) is 4.25. The van der Waals surface area contributed by atoms with Crippen LogP contribution in [-0.4, -0.2) is 48.5 Å². The molecule has 3 N–H and O–H groups in total. The summed E-state index contributed by atoms with van der Waals surface area (Å²) in [5.74, 6) is 1.56. The van der Waals surface area contributed by atoms with Crippen molar-refractivity contribution in [2.75, 3.05) is 26.7 Å². The number of amides is 1. The predicted molar refractivity (Wildman–Crippen MR) is 114 cm³/mol. The average Bonchev–Trinajstić information content (AvgIpc) is 2.61. The number of hydrogen-bond acceptors (Lipinski definition) is 4. The predicted octanol–water partition coefficient (Wildman–Crippen LogP) is 2.15. The van der Waals surface area contributed by atoms with E-state index in [1.807, 2.05) is 12.1 Å². The first-order valence-corrected chi connectivity index (χ1v) is 8.94. The molecule has 1 amide bonds. The molecule has 0 saturated carbocycles. The van der Waals surface area contributed by atoms with Crippen LogP contribution in [0.4, 0.5) is 0 Å². The van der Waals surface area contributed by atoms with Crippen LogP contribution in [0.15, 0.2) is 23.3 Å². The molecule has 0 aliphatic carbocycles. The monoisotopic (exact) mass is 475 g/mol. The summed E-state index contributed by atoms with van der Waals surface area (Å²) in [7, 11) is 1.78.